The number of halogens is 1. The van der Waals surface area contributed by atoms with Crippen molar-refractivity contribution in [1.29, 1.82) is 0 Å². The summed E-state index contributed by atoms with van der Waals surface area (Å²) in [5.74, 6) is 0.324. The van der Waals surface area contributed by atoms with Gasteiger partial charge in [0.1, 0.15) is 5.75 Å². The summed E-state index contributed by atoms with van der Waals surface area (Å²) in [6.07, 6.45) is 1.42. The van der Waals surface area contributed by atoms with Gasteiger partial charge >= 0.3 is 5.69 Å². The van der Waals surface area contributed by atoms with E-state index in [0.29, 0.717) is 19.8 Å². The normalized spacial score (nSPS) is 16.1. The van der Waals surface area contributed by atoms with E-state index < -0.39 is 16.4 Å². The maximum atomic E-state index is 11.1. The van der Waals surface area contributed by atoms with E-state index in [0.717, 1.165) is 30.5 Å². The van der Waals surface area contributed by atoms with Crippen LogP contribution in [-0.2, 0) is 4.74 Å². The first kappa shape index (κ1) is 21.0. The monoisotopic (exact) mass is 419 g/mol. The number of aliphatic imine (C=N–C) groups is 1. The van der Waals surface area contributed by atoms with E-state index in [1.165, 1.54) is 12.3 Å². The highest BCUT2D eigenvalue weighted by Gasteiger charge is 2.23. The van der Waals surface area contributed by atoms with Gasteiger partial charge in [-0.3, -0.25) is 20.0 Å². The second kappa shape index (κ2) is 9.69. The van der Waals surface area contributed by atoms with Crippen molar-refractivity contribution in [3.8, 4) is 11.5 Å². The molecule has 0 spiro atoms. The number of phenols is 1. The number of ether oxygens (including phenoxy) is 2. The topological polar surface area (TPSA) is 97.4 Å². The zero-order valence-electron chi connectivity index (χ0n) is 16.0. The third-order valence-corrected chi connectivity index (χ3v) is 4.99. The number of phenolic OH excluding ortho intramolecular Hbond substituents is 1. The molecule has 1 atom stereocenters. The molecule has 0 aliphatic carbocycles. The van der Waals surface area contributed by atoms with Crippen LogP contribution in [0.25, 0.3) is 0 Å². The van der Waals surface area contributed by atoms with Crippen molar-refractivity contribution in [1.82, 2.24) is 4.90 Å². The molecule has 9 heteroatoms. The predicted octanol–water partition coefficient (Wildman–Crippen LogP) is 3.45. The number of methoxy groups -OCH3 is 1. The van der Waals surface area contributed by atoms with Crippen LogP contribution in [0.3, 0.4) is 0 Å². The zero-order chi connectivity index (χ0) is 20.8. The summed E-state index contributed by atoms with van der Waals surface area (Å²) in [6, 6.07) is 10.4. The van der Waals surface area contributed by atoms with Crippen molar-refractivity contribution in [2.45, 2.75) is 6.04 Å². The van der Waals surface area contributed by atoms with Gasteiger partial charge in [0.05, 0.1) is 37.8 Å². The molecule has 8 nitrogen and oxygen atoms in total. The van der Waals surface area contributed by atoms with E-state index >= 15 is 0 Å². The molecule has 0 radical (unpaired) electrons. The Balaban J connectivity index is 1.83. The molecule has 1 heterocycles. The van der Waals surface area contributed by atoms with E-state index in [-0.39, 0.29) is 16.6 Å². The van der Waals surface area contributed by atoms with Crippen LogP contribution in [0, 0.1) is 10.1 Å². The van der Waals surface area contributed by atoms with Crippen LogP contribution in [0.15, 0.2) is 41.4 Å². The van der Waals surface area contributed by atoms with Crippen molar-refractivity contribution < 1.29 is 19.5 Å². The quantitative estimate of drug-likeness (QED) is 0.419. The van der Waals surface area contributed by atoms with Crippen molar-refractivity contribution in [2.24, 2.45) is 4.99 Å². The highest BCUT2D eigenvalue weighted by atomic mass is 35.5. The molecule has 0 aromatic heterocycles. The van der Waals surface area contributed by atoms with Crippen LogP contribution in [0.5, 0.6) is 11.5 Å². The van der Waals surface area contributed by atoms with Gasteiger partial charge in [0.15, 0.2) is 0 Å². The fraction of sp³-hybridized carbons (Fsp3) is 0.350. The number of hydrogen-bond acceptors (Lipinski definition) is 7. The summed E-state index contributed by atoms with van der Waals surface area (Å²) < 4.78 is 10.7. The molecular weight excluding hydrogens is 398 g/mol. The lowest BCUT2D eigenvalue weighted by Gasteiger charge is -2.34. The first-order valence-corrected chi connectivity index (χ1v) is 9.50. The third kappa shape index (κ3) is 5.23. The number of morpholine rings is 1. The standard InChI is InChI=1S/C20H22ClN3O5/c1-28-17-4-2-14(3-5-17)19(23-6-8-29-9-7-23)13-22-12-15-10-16(21)11-18(20(15)25)24(26)27/h2-5,10-12,19,25H,6-9,13H2,1H3/t19-/m0/s1. The van der Waals surface area contributed by atoms with E-state index in [1.807, 2.05) is 24.3 Å². The molecule has 154 valence electrons. The van der Waals surface area contributed by atoms with Gasteiger partial charge in [0.2, 0.25) is 5.75 Å². The number of benzene rings is 2. The SMILES string of the molecule is COc1ccc([C@H](CN=Cc2cc(Cl)cc([N+](=O)[O-])c2O)N2CCOCC2)cc1. The average Bonchev–Trinajstić information content (AvgIpc) is 2.74. The number of nitro groups is 1. The molecular formula is C20H22ClN3O5. The molecule has 1 aliphatic heterocycles. The van der Waals surface area contributed by atoms with Gasteiger partial charge in [-0.2, -0.15) is 0 Å². The Morgan fingerprint density at radius 2 is 2.03 bits per heavy atom. The van der Waals surface area contributed by atoms with Gasteiger partial charge in [-0.1, -0.05) is 23.7 Å². The molecule has 1 fully saturated rings. The minimum Gasteiger partial charge on any atom is -0.502 e. The van der Waals surface area contributed by atoms with Crippen LogP contribution in [0.4, 0.5) is 5.69 Å². The van der Waals surface area contributed by atoms with Crippen LogP contribution in [0.1, 0.15) is 17.2 Å². The average molecular weight is 420 g/mol. The van der Waals surface area contributed by atoms with Crippen LogP contribution in [0.2, 0.25) is 5.02 Å². The highest BCUT2D eigenvalue weighted by molar-refractivity contribution is 6.31. The Morgan fingerprint density at radius 3 is 2.66 bits per heavy atom. The summed E-state index contributed by atoms with van der Waals surface area (Å²) >= 11 is 5.94. The Hall–Kier alpha value is -2.68. The van der Waals surface area contributed by atoms with Crippen LogP contribution >= 0.6 is 11.6 Å². The summed E-state index contributed by atoms with van der Waals surface area (Å²) in [4.78, 5) is 17.1. The molecule has 0 saturated carbocycles. The molecule has 0 unspecified atom stereocenters. The van der Waals surface area contributed by atoms with E-state index in [4.69, 9.17) is 21.1 Å². The minimum atomic E-state index is -0.674. The van der Waals surface area contributed by atoms with Gasteiger partial charge < -0.3 is 14.6 Å². The van der Waals surface area contributed by atoms with Crippen LogP contribution in [-0.4, -0.2) is 61.1 Å². The Labute approximate surface area is 173 Å². The van der Waals surface area contributed by atoms with Crippen molar-refractivity contribution in [3.05, 3.63) is 62.7 Å². The molecule has 1 saturated heterocycles. The van der Waals surface area contributed by atoms with Gasteiger partial charge in [0, 0.05) is 36.0 Å². The highest BCUT2D eigenvalue weighted by Crippen LogP contribution is 2.32. The van der Waals surface area contributed by atoms with Crippen molar-refractivity contribution in [2.75, 3.05) is 40.0 Å². The predicted molar refractivity (Wildman–Crippen MR) is 110 cm³/mol. The van der Waals surface area contributed by atoms with Crippen molar-refractivity contribution in [3.63, 3.8) is 0 Å². The minimum absolute atomic E-state index is 0.00244. The molecule has 29 heavy (non-hydrogen) atoms. The lowest BCUT2D eigenvalue weighted by Crippen LogP contribution is -2.40. The fourth-order valence-electron chi connectivity index (χ4n) is 3.24. The van der Waals surface area contributed by atoms with Crippen molar-refractivity contribution >= 4 is 23.5 Å². The summed E-state index contributed by atoms with van der Waals surface area (Å²) in [7, 11) is 1.62. The lowest BCUT2D eigenvalue weighted by molar-refractivity contribution is -0.385. The molecule has 2 aromatic carbocycles. The smallest absolute Gasteiger partial charge is 0.312 e. The van der Waals surface area contributed by atoms with Gasteiger partial charge in [-0.15, -0.1) is 0 Å². The molecule has 1 aliphatic rings. The van der Waals surface area contributed by atoms with E-state index in [2.05, 4.69) is 9.89 Å². The summed E-state index contributed by atoms with van der Waals surface area (Å²) in [6.45, 7) is 3.27. The summed E-state index contributed by atoms with van der Waals surface area (Å²) in [5, 5.41) is 21.4. The van der Waals surface area contributed by atoms with E-state index in [9.17, 15) is 15.2 Å². The molecule has 2 aromatic rings. The maximum absolute atomic E-state index is 11.1. The number of rotatable bonds is 7. The zero-order valence-corrected chi connectivity index (χ0v) is 16.7. The van der Waals surface area contributed by atoms with Crippen LogP contribution < -0.4 is 4.74 Å². The number of nitro benzene ring substituents is 1. The summed E-state index contributed by atoms with van der Waals surface area (Å²) in [5.41, 5.74) is 0.838. The second-order valence-corrected chi connectivity index (χ2v) is 6.99. The Bertz CT molecular complexity index is 882. The molecule has 0 bridgehead atoms. The first-order valence-electron chi connectivity index (χ1n) is 9.12. The largest absolute Gasteiger partial charge is 0.502 e. The van der Waals surface area contributed by atoms with Gasteiger partial charge in [-0.25, -0.2) is 0 Å². The number of nitrogens with zero attached hydrogens (tertiary/aromatic N) is 3. The molecule has 1 N–H and O–H groups in total. The number of aromatic hydroxyl groups is 1. The second-order valence-electron chi connectivity index (χ2n) is 6.55. The Kier molecular flexibility index (Phi) is 7.03. The van der Waals surface area contributed by atoms with Gasteiger partial charge in [0.25, 0.3) is 0 Å². The Morgan fingerprint density at radius 1 is 1.34 bits per heavy atom. The maximum Gasteiger partial charge on any atom is 0.312 e. The molecule has 3 rings (SSSR count). The lowest BCUT2D eigenvalue weighted by atomic mass is 10.0. The fourth-order valence-corrected chi connectivity index (χ4v) is 3.46. The number of hydrogen-bond donors (Lipinski definition) is 1. The molecule has 0 amide bonds. The third-order valence-electron chi connectivity index (χ3n) is 4.78. The van der Waals surface area contributed by atoms with E-state index in [1.54, 1.807) is 7.11 Å². The van der Waals surface area contributed by atoms with Gasteiger partial charge in [-0.05, 0) is 23.8 Å². The first-order chi connectivity index (χ1) is 14.0.